The van der Waals surface area contributed by atoms with E-state index in [0.29, 0.717) is 6.42 Å². The maximum Gasteiger partial charge on any atom is 0.338 e. The van der Waals surface area contributed by atoms with E-state index in [1.165, 1.54) is 12.1 Å². The maximum absolute atomic E-state index is 11.8. The molecule has 130 valence electrons. The molecule has 0 saturated carbocycles. The number of nitro benzene ring substituents is 1. The van der Waals surface area contributed by atoms with Gasteiger partial charge in [-0.25, -0.2) is 13.2 Å². The number of amides is 1. The van der Waals surface area contributed by atoms with Crippen LogP contribution in [0.1, 0.15) is 16.8 Å². The van der Waals surface area contributed by atoms with Crippen LogP contribution >= 0.6 is 0 Å². The van der Waals surface area contributed by atoms with E-state index < -0.39 is 45.0 Å². The number of nitrogens with one attached hydrogen (secondary N) is 1. The van der Waals surface area contributed by atoms with Gasteiger partial charge < -0.3 is 15.8 Å². The Bertz CT molecular complexity index is 791. The lowest BCUT2D eigenvalue weighted by atomic mass is 10.2. The Morgan fingerprint density at radius 3 is 2.71 bits per heavy atom. The third-order valence-corrected chi connectivity index (χ3v) is 5.16. The second kappa shape index (κ2) is 6.83. The average molecular weight is 357 g/mol. The van der Waals surface area contributed by atoms with Gasteiger partial charge in [0.25, 0.3) is 11.6 Å². The number of nitro groups is 1. The molecule has 1 fully saturated rings. The minimum absolute atomic E-state index is 0.00678. The van der Waals surface area contributed by atoms with Crippen molar-refractivity contribution >= 4 is 33.1 Å². The number of rotatable bonds is 5. The largest absolute Gasteiger partial charge is 0.452 e. The van der Waals surface area contributed by atoms with Gasteiger partial charge in [-0.1, -0.05) is 0 Å². The highest BCUT2D eigenvalue weighted by Crippen LogP contribution is 2.22. The fourth-order valence-corrected chi connectivity index (χ4v) is 3.89. The molecular weight excluding hydrogens is 342 g/mol. The normalized spacial score (nSPS) is 18.8. The van der Waals surface area contributed by atoms with Gasteiger partial charge in [-0.05, 0) is 18.6 Å². The number of hydrogen-bond acceptors (Lipinski definition) is 8. The minimum Gasteiger partial charge on any atom is -0.452 e. The first kappa shape index (κ1) is 17.7. The van der Waals surface area contributed by atoms with E-state index in [0.717, 1.165) is 6.07 Å². The van der Waals surface area contributed by atoms with E-state index in [-0.39, 0.29) is 22.8 Å². The van der Waals surface area contributed by atoms with E-state index in [9.17, 15) is 28.1 Å². The van der Waals surface area contributed by atoms with Gasteiger partial charge in [0.15, 0.2) is 16.4 Å². The Hall–Kier alpha value is -2.69. The highest BCUT2D eigenvalue weighted by molar-refractivity contribution is 7.91. The molecule has 0 aliphatic carbocycles. The Morgan fingerprint density at radius 2 is 2.12 bits per heavy atom. The van der Waals surface area contributed by atoms with Crippen molar-refractivity contribution in [2.75, 3.05) is 23.8 Å². The van der Waals surface area contributed by atoms with Gasteiger partial charge in [-0.3, -0.25) is 14.9 Å². The molecule has 1 atom stereocenters. The zero-order valence-corrected chi connectivity index (χ0v) is 13.2. The fraction of sp³-hybridized carbons (Fsp3) is 0.385. The lowest BCUT2D eigenvalue weighted by molar-refractivity contribution is -0.383. The van der Waals surface area contributed by atoms with Crippen LogP contribution in [0.5, 0.6) is 0 Å². The van der Waals surface area contributed by atoms with Crippen molar-refractivity contribution in [3.63, 3.8) is 0 Å². The monoisotopic (exact) mass is 357 g/mol. The van der Waals surface area contributed by atoms with Crippen molar-refractivity contribution in [3.05, 3.63) is 33.9 Å². The van der Waals surface area contributed by atoms with Crippen molar-refractivity contribution in [1.29, 1.82) is 0 Å². The number of carbonyl (C=O) groups is 2. The zero-order chi connectivity index (χ0) is 17.9. The predicted molar refractivity (Wildman–Crippen MR) is 83.0 cm³/mol. The lowest BCUT2D eigenvalue weighted by Gasteiger charge is -2.11. The van der Waals surface area contributed by atoms with Gasteiger partial charge in [-0.15, -0.1) is 0 Å². The first-order chi connectivity index (χ1) is 11.2. The van der Waals surface area contributed by atoms with E-state index in [2.05, 4.69) is 5.32 Å². The molecule has 0 aromatic heterocycles. The number of anilines is 1. The third-order valence-electron chi connectivity index (χ3n) is 3.39. The van der Waals surface area contributed by atoms with Gasteiger partial charge >= 0.3 is 5.97 Å². The summed E-state index contributed by atoms with van der Waals surface area (Å²) in [4.78, 5) is 33.5. The molecule has 0 spiro atoms. The van der Waals surface area contributed by atoms with Crippen LogP contribution in [0.15, 0.2) is 18.2 Å². The zero-order valence-electron chi connectivity index (χ0n) is 12.4. The first-order valence-corrected chi connectivity index (χ1v) is 8.71. The summed E-state index contributed by atoms with van der Waals surface area (Å²) in [7, 11) is -3.13. The van der Waals surface area contributed by atoms with Crippen LogP contribution in [0.4, 0.5) is 11.4 Å². The Labute approximate surface area is 137 Å². The molecule has 1 amide bonds. The number of benzene rings is 1. The third kappa shape index (κ3) is 4.41. The number of hydrogen-bond donors (Lipinski definition) is 2. The number of ether oxygens (including phenoxy) is 1. The predicted octanol–water partition coefficient (Wildman–Crippen LogP) is -0.363. The summed E-state index contributed by atoms with van der Waals surface area (Å²) in [6.07, 6.45) is 0.312. The van der Waals surface area contributed by atoms with E-state index in [4.69, 9.17) is 10.5 Å². The number of sulfone groups is 1. The highest BCUT2D eigenvalue weighted by atomic mass is 32.2. The number of nitrogen functional groups attached to an aromatic ring is 1. The average Bonchev–Trinajstić information content (AvgIpc) is 2.83. The Balaban J connectivity index is 1.90. The van der Waals surface area contributed by atoms with Gasteiger partial charge in [0, 0.05) is 12.1 Å². The smallest absolute Gasteiger partial charge is 0.338 e. The van der Waals surface area contributed by atoms with E-state index in [1.807, 2.05) is 0 Å². The van der Waals surface area contributed by atoms with Gasteiger partial charge in [0.2, 0.25) is 0 Å². The number of esters is 1. The van der Waals surface area contributed by atoms with Gasteiger partial charge in [0.1, 0.15) is 5.69 Å². The second-order valence-electron chi connectivity index (χ2n) is 5.27. The van der Waals surface area contributed by atoms with Crippen LogP contribution in [-0.4, -0.2) is 49.4 Å². The summed E-state index contributed by atoms with van der Waals surface area (Å²) in [5.41, 5.74) is 4.76. The van der Waals surface area contributed by atoms with Gasteiger partial charge in [-0.2, -0.15) is 0 Å². The Kier molecular flexibility index (Phi) is 5.02. The SMILES string of the molecule is Nc1ccc(C(=O)OCC(=O)N[C@@H]2CCS(=O)(=O)C2)cc1[N+](=O)[O-]. The van der Waals surface area contributed by atoms with Crippen LogP contribution in [0.3, 0.4) is 0 Å². The fourth-order valence-electron chi connectivity index (χ4n) is 2.22. The molecule has 0 bridgehead atoms. The van der Waals surface area contributed by atoms with Crippen molar-refractivity contribution in [1.82, 2.24) is 5.32 Å². The van der Waals surface area contributed by atoms with Crippen molar-refractivity contribution in [3.8, 4) is 0 Å². The summed E-state index contributed by atoms with van der Waals surface area (Å²) in [6.45, 7) is -0.618. The molecule has 2 rings (SSSR count). The van der Waals surface area contributed by atoms with Crippen LogP contribution in [-0.2, 0) is 19.4 Å². The molecule has 10 nitrogen and oxygen atoms in total. The standard InChI is InChI=1S/C13H15N3O7S/c14-10-2-1-8(5-11(10)16(19)20)13(18)23-6-12(17)15-9-3-4-24(21,22)7-9/h1-2,5,9H,3-4,6-7,14H2,(H,15,17)/t9-/m1/s1. The first-order valence-electron chi connectivity index (χ1n) is 6.89. The van der Waals surface area contributed by atoms with Gasteiger partial charge in [0.05, 0.1) is 22.0 Å². The summed E-state index contributed by atoms with van der Waals surface area (Å²) in [5.74, 6) is -1.70. The summed E-state index contributed by atoms with van der Waals surface area (Å²) in [5, 5.41) is 13.2. The quantitative estimate of drug-likeness (QED) is 0.313. The number of nitrogens with two attached hydrogens (primary N) is 1. The lowest BCUT2D eigenvalue weighted by Crippen LogP contribution is -2.38. The maximum atomic E-state index is 11.8. The van der Waals surface area contributed by atoms with Crippen molar-refractivity contribution < 1.29 is 27.7 Å². The second-order valence-corrected chi connectivity index (χ2v) is 7.50. The minimum atomic E-state index is -3.13. The highest BCUT2D eigenvalue weighted by Gasteiger charge is 2.29. The number of nitrogens with zero attached hydrogens (tertiary/aromatic N) is 1. The van der Waals surface area contributed by atoms with E-state index >= 15 is 0 Å². The van der Waals surface area contributed by atoms with Crippen molar-refractivity contribution in [2.24, 2.45) is 0 Å². The summed E-state index contributed by atoms with van der Waals surface area (Å²) < 4.78 is 27.3. The molecule has 0 radical (unpaired) electrons. The van der Waals surface area contributed by atoms with Crippen LogP contribution in [0.2, 0.25) is 0 Å². The van der Waals surface area contributed by atoms with Crippen LogP contribution in [0.25, 0.3) is 0 Å². The van der Waals surface area contributed by atoms with Crippen LogP contribution in [0, 0.1) is 10.1 Å². The molecular formula is C13H15N3O7S. The van der Waals surface area contributed by atoms with Crippen molar-refractivity contribution in [2.45, 2.75) is 12.5 Å². The molecule has 1 aromatic rings. The molecule has 1 aromatic carbocycles. The molecule has 24 heavy (non-hydrogen) atoms. The molecule has 11 heteroatoms. The molecule has 0 unspecified atom stereocenters. The summed E-state index contributed by atoms with van der Waals surface area (Å²) >= 11 is 0. The van der Waals surface area contributed by atoms with E-state index in [1.54, 1.807) is 0 Å². The van der Waals surface area contributed by atoms with Crippen LogP contribution < -0.4 is 11.1 Å². The molecule has 1 aliphatic heterocycles. The molecule has 1 heterocycles. The Morgan fingerprint density at radius 1 is 1.42 bits per heavy atom. The molecule has 1 aliphatic rings. The topological polar surface area (TPSA) is 159 Å². The number of carbonyl (C=O) groups excluding carboxylic acids is 2. The summed E-state index contributed by atoms with van der Waals surface area (Å²) in [6, 6.07) is 2.89. The molecule has 3 N–H and O–H groups in total. The molecule has 1 saturated heterocycles.